The van der Waals surface area contributed by atoms with E-state index < -0.39 is 11.7 Å². The predicted octanol–water partition coefficient (Wildman–Crippen LogP) is 5.36. The maximum Gasteiger partial charge on any atom is 0.261 e. The van der Waals surface area contributed by atoms with E-state index in [1.54, 1.807) is 28.9 Å². The lowest BCUT2D eigenvalue weighted by Gasteiger charge is -2.43. The molecule has 1 heterocycles. The van der Waals surface area contributed by atoms with Gasteiger partial charge in [0.2, 0.25) is 5.91 Å². The molecule has 0 bridgehead atoms. The zero-order valence-corrected chi connectivity index (χ0v) is 17.0. The van der Waals surface area contributed by atoms with Crippen LogP contribution in [0.5, 0.6) is 0 Å². The van der Waals surface area contributed by atoms with Gasteiger partial charge in [-0.2, -0.15) is 0 Å². The van der Waals surface area contributed by atoms with Crippen LogP contribution in [0.15, 0.2) is 78.9 Å². The second kappa shape index (κ2) is 8.11. The summed E-state index contributed by atoms with van der Waals surface area (Å²) < 4.78 is 14.5. The SMILES string of the molecule is CC(=O)N1c2ccccc2[C@@H](N(C(=O)c2ccccc2F)c2ccccc2)C[C@@H]1C. The number of fused-ring (bicyclic) bond motifs is 1. The van der Waals surface area contributed by atoms with Crippen molar-refractivity contribution in [2.45, 2.75) is 32.4 Å². The molecule has 0 N–H and O–H groups in total. The highest BCUT2D eigenvalue weighted by Gasteiger charge is 2.38. The smallest absolute Gasteiger partial charge is 0.261 e. The number of para-hydroxylation sites is 2. The predicted molar refractivity (Wildman–Crippen MR) is 116 cm³/mol. The third-order valence-corrected chi connectivity index (χ3v) is 5.57. The van der Waals surface area contributed by atoms with Crippen LogP contribution in [0.3, 0.4) is 0 Å². The van der Waals surface area contributed by atoms with Gasteiger partial charge in [-0.25, -0.2) is 4.39 Å². The van der Waals surface area contributed by atoms with Crippen molar-refractivity contribution in [3.63, 3.8) is 0 Å². The molecule has 4 nitrogen and oxygen atoms in total. The van der Waals surface area contributed by atoms with Crippen molar-refractivity contribution >= 4 is 23.2 Å². The van der Waals surface area contributed by atoms with E-state index in [4.69, 9.17) is 0 Å². The molecule has 0 aliphatic carbocycles. The summed E-state index contributed by atoms with van der Waals surface area (Å²) >= 11 is 0. The van der Waals surface area contributed by atoms with Gasteiger partial charge < -0.3 is 9.80 Å². The molecule has 2 atom stereocenters. The van der Waals surface area contributed by atoms with E-state index in [2.05, 4.69) is 0 Å². The standard InChI is InChI=1S/C25H23FN2O2/c1-17-16-24(21-13-7-9-15-23(21)27(17)18(2)29)28(19-10-4-3-5-11-19)25(30)20-12-6-8-14-22(20)26/h3-15,17,24H,16H2,1-2H3/t17-,24-/m0/s1. The highest BCUT2D eigenvalue weighted by atomic mass is 19.1. The van der Waals surface area contributed by atoms with Crippen LogP contribution < -0.4 is 9.80 Å². The van der Waals surface area contributed by atoms with Crippen LogP contribution in [0.1, 0.15) is 42.2 Å². The topological polar surface area (TPSA) is 40.6 Å². The molecule has 4 rings (SSSR count). The minimum Gasteiger partial charge on any atom is -0.309 e. The number of amides is 2. The fourth-order valence-corrected chi connectivity index (χ4v) is 4.30. The van der Waals surface area contributed by atoms with Crippen LogP contribution in [0.25, 0.3) is 0 Å². The van der Waals surface area contributed by atoms with Crippen LogP contribution in [0.2, 0.25) is 0 Å². The van der Waals surface area contributed by atoms with Crippen LogP contribution in [0, 0.1) is 5.82 Å². The summed E-state index contributed by atoms with van der Waals surface area (Å²) in [6.45, 7) is 3.52. The molecule has 3 aromatic carbocycles. The molecular formula is C25H23FN2O2. The van der Waals surface area contributed by atoms with Gasteiger partial charge >= 0.3 is 0 Å². The maximum atomic E-state index is 14.5. The molecule has 2 amide bonds. The zero-order valence-electron chi connectivity index (χ0n) is 17.0. The Labute approximate surface area is 175 Å². The number of hydrogen-bond donors (Lipinski definition) is 0. The summed E-state index contributed by atoms with van der Waals surface area (Å²) in [5.74, 6) is -0.992. The Kier molecular flexibility index (Phi) is 5.36. The normalized spacial score (nSPS) is 17.9. The van der Waals surface area contributed by atoms with Crippen molar-refractivity contribution < 1.29 is 14.0 Å². The summed E-state index contributed by atoms with van der Waals surface area (Å²) in [6.07, 6.45) is 0.547. The number of nitrogens with zero attached hydrogens (tertiary/aromatic N) is 2. The number of halogens is 1. The van der Waals surface area contributed by atoms with Crippen molar-refractivity contribution in [2.24, 2.45) is 0 Å². The van der Waals surface area contributed by atoms with Crippen LogP contribution in [-0.4, -0.2) is 17.9 Å². The monoisotopic (exact) mass is 402 g/mol. The summed E-state index contributed by atoms with van der Waals surface area (Å²) in [5.41, 5.74) is 2.38. The van der Waals surface area contributed by atoms with Gasteiger partial charge in [-0.1, -0.05) is 48.5 Å². The number of anilines is 2. The average Bonchev–Trinajstić information content (AvgIpc) is 2.74. The highest BCUT2D eigenvalue weighted by molar-refractivity contribution is 6.07. The van der Waals surface area contributed by atoms with E-state index in [-0.39, 0.29) is 23.6 Å². The molecule has 0 saturated heterocycles. The van der Waals surface area contributed by atoms with Gasteiger partial charge in [-0.3, -0.25) is 9.59 Å². The molecule has 1 aliphatic heterocycles. The molecule has 30 heavy (non-hydrogen) atoms. The van der Waals surface area contributed by atoms with Gasteiger partial charge in [-0.05, 0) is 49.2 Å². The second-order valence-electron chi connectivity index (χ2n) is 7.54. The zero-order chi connectivity index (χ0) is 21.3. The Bertz CT molecular complexity index is 1080. The minimum atomic E-state index is -0.550. The molecule has 1 aliphatic rings. The quantitative estimate of drug-likeness (QED) is 0.592. The fourth-order valence-electron chi connectivity index (χ4n) is 4.30. The Morgan fingerprint density at radius 3 is 2.27 bits per heavy atom. The second-order valence-corrected chi connectivity index (χ2v) is 7.54. The van der Waals surface area contributed by atoms with Gasteiger partial charge in [0.15, 0.2) is 0 Å². The summed E-state index contributed by atoms with van der Waals surface area (Å²) in [4.78, 5) is 29.3. The number of carbonyl (C=O) groups is 2. The lowest BCUT2D eigenvalue weighted by atomic mass is 9.89. The Morgan fingerprint density at radius 1 is 0.933 bits per heavy atom. The van der Waals surface area contributed by atoms with Crippen molar-refractivity contribution in [2.75, 3.05) is 9.80 Å². The number of carbonyl (C=O) groups excluding carboxylic acids is 2. The summed E-state index contributed by atoms with van der Waals surface area (Å²) in [6, 6.07) is 22.5. The molecule has 0 fully saturated rings. The average molecular weight is 402 g/mol. The molecule has 152 valence electrons. The van der Waals surface area contributed by atoms with Gasteiger partial charge in [-0.15, -0.1) is 0 Å². The molecule has 0 spiro atoms. The van der Waals surface area contributed by atoms with Crippen LogP contribution in [-0.2, 0) is 4.79 Å². The van der Waals surface area contributed by atoms with E-state index in [1.165, 1.54) is 12.1 Å². The Balaban J connectivity index is 1.88. The highest BCUT2D eigenvalue weighted by Crippen LogP contribution is 2.42. The maximum absolute atomic E-state index is 14.5. The molecule has 0 unspecified atom stereocenters. The molecule has 5 heteroatoms. The Morgan fingerprint density at radius 2 is 1.57 bits per heavy atom. The van der Waals surface area contributed by atoms with E-state index in [0.717, 1.165) is 11.3 Å². The lowest BCUT2D eigenvalue weighted by Crippen LogP contribution is -2.47. The first-order chi connectivity index (χ1) is 14.5. The number of hydrogen-bond acceptors (Lipinski definition) is 2. The van der Waals surface area contributed by atoms with Crippen LogP contribution >= 0.6 is 0 Å². The van der Waals surface area contributed by atoms with E-state index >= 15 is 0 Å². The first kappa shape index (κ1) is 19.8. The van der Waals surface area contributed by atoms with Crippen molar-refractivity contribution in [3.05, 3.63) is 95.8 Å². The van der Waals surface area contributed by atoms with Gasteiger partial charge in [0.05, 0.1) is 11.6 Å². The van der Waals surface area contributed by atoms with Crippen molar-refractivity contribution in [1.82, 2.24) is 0 Å². The first-order valence-corrected chi connectivity index (χ1v) is 10.0. The molecule has 0 saturated carbocycles. The van der Waals surface area contributed by atoms with Gasteiger partial charge in [0.1, 0.15) is 5.82 Å². The number of benzene rings is 3. The minimum absolute atomic E-state index is 0.0282. The molecule has 0 radical (unpaired) electrons. The van der Waals surface area contributed by atoms with Crippen molar-refractivity contribution in [3.8, 4) is 0 Å². The van der Waals surface area contributed by atoms with E-state index in [1.807, 2.05) is 61.5 Å². The molecule has 0 aromatic heterocycles. The Hall–Kier alpha value is -3.47. The lowest BCUT2D eigenvalue weighted by molar-refractivity contribution is -0.117. The van der Waals surface area contributed by atoms with Crippen LogP contribution in [0.4, 0.5) is 15.8 Å². The van der Waals surface area contributed by atoms with Gasteiger partial charge in [0, 0.05) is 24.3 Å². The fraction of sp³-hybridized carbons (Fsp3) is 0.200. The molecule has 3 aromatic rings. The summed E-state index contributed by atoms with van der Waals surface area (Å²) in [7, 11) is 0. The van der Waals surface area contributed by atoms with E-state index in [0.29, 0.717) is 12.1 Å². The third kappa shape index (κ3) is 3.47. The number of rotatable bonds is 3. The van der Waals surface area contributed by atoms with Gasteiger partial charge in [0.25, 0.3) is 5.91 Å². The summed E-state index contributed by atoms with van der Waals surface area (Å²) in [5, 5.41) is 0. The first-order valence-electron chi connectivity index (χ1n) is 10.0. The largest absolute Gasteiger partial charge is 0.309 e. The third-order valence-electron chi connectivity index (χ3n) is 5.57. The van der Waals surface area contributed by atoms with E-state index in [9.17, 15) is 14.0 Å². The van der Waals surface area contributed by atoms with Crippen molar-refractivity contribution in [1.29, 1.82) is 0 Å². The molecular weight excluding hydrogens is 379 g/mol.